The Kier molecular flexibility index (Phi) is 6.04. The van der Waals surface area contributed by atoms with Crippen LogP contribution in [-0.4, -0.2) is 54.3 Å². The maximum atomic E-state index is 12.3. The van der Waals surface area contributed by atoms with Gasteiger partial charge in [0.05, 0.1) is 17.1 Å². The lowest BCUT2D eigenvalue weighted by Gasteiger charge is -2.37. The molecular formula is C18H23ClN4O2. The van der Waals surface area contributed by atoms with Crippen LogP contribution in [0.15, 0.2) is 18.2 Å². The highest BCUT2D eigenvalue weighted by molar-refractivity contribution is 6.32. The molecule has 1 aromatic rings. The summed E-state index contributed by atoms with van der Waals surface area (Å²) in [6.07, 6.45) is 0. The predicted molar refractivity (Wildman–Crippen MR) is 97.3 cm³/mol. The smallest absolute Gasteiger partial charge is 0.238 e. The average Bonchev–Trinajstić information content (AvgIpc) is 2.54. The maximum Gasteiger partial charge on any atom is 0.238 e. The molecule has 0 aromatic heterocycles. The van der Waals surface area contributed by atoms with E-state index >= 15 is 0 Å². The monoisotopic (exact) mass is 362 g/mol. The number of anilines is 1. The zero-order valence-electron chi connectivity index (χ0n) is 14.8. The van der Waals surface area contributed by atoms with Crippen LogP contribution < -0.4 is 5.32 Å². The molecule has 0 bridgehead atoms. The second-order valence-electron chi connectivity index (χ2n) is 7.17. The third-order valence-corrected chi connectivity index (χ3v) is 4.35. The molecule has 7 heteroatoms. The van der Waals surface area contributed by atoms with E-state index in [1.54, 1.807) is 18.2 Å². The molecule has 0 saturated carbocycles. The van der Waals surface area contributed by atoms with E-state index in [0.717, 1.165) is 0 Å². The molecule has 1 aliphatic rings. The number of hydrogen-bond donors (Lipinski definition) is 1. The van der Waals surface area contributed by atoms with E-state index in [1.807, 2.05) is 36.6 Å². The molecule has 1 saturated heterocycles. The Labute approximate surface area is 153 Å². The number of hydrogen-bond acceptors (Lipinski definition) is 4. The van der Waals surface area contributed by atoms with E-state index in [2.05, 4.69) is 5.32 Å². The summed E-state index contributed by atoms with van der Waals surface area (Å²) in [5, 5.41) is 12.0. The summed E-state index contributed by atoms with van der Waals surface area (Å²) in [6, 6.07) is 6.78. The molecule has 0 aliphatic carbocycles. The fourth-order valence-electron chi connectivity index (χ4n) is 2.67. The van der Waals surface area contributed by atoms with Gasteiger partial charge in [-0.25, -0.2) is 0 Å². The first-order chi connectivity index (χ1) is 11.7. The van der Waals surface area contributed by atoms with Gasteiger partial charge in [-0.1, -0.05) is 32.4 Å². The van der Waals surface area contributed by atoms with Gasteiger partial charge in [-0.2, -0.15) is 5.26 Å². The van der Waals surface area contributed by atoms with Crippen LogP contribution in [0, 0.1) is 16.7 Å². The molecule has 1 aliphatic heterocycles. The first-order valence-electron chi connectivity index (χ1n) is 8.22. The Morgan fingerprint density at radius 2 is 1.88 bits per heavy atom. The van der Waals surface area contributed by atoms with E-state index in [-0.39, 0.29) is 23.8 Å². The number of rotatable bonds is 3. The van der Waals surface area contributed by atoms with Gasteiger partial charge in [0.25, 0.3) is 0 Å². The third kappa shape index (κ3) is 5.18. The summed E-state index contributed by atoms with van der Waals surface area (Å²) in [5.74, 6) is 0.000184. The number of piperazine rings is 1. The molecule has 1 fully saturated rings. The van der Waals surface area contributed by atoms with Crippen LogP contribution in [-0.2, 0) is 9.59 Å². The molecule has 1 aromatic carbocycles. The van der Waals surface area contributed by atoms with Gasteiger partial charge in [-0.15, -0.1) is 0 Å². The minimum absolute atomic E-state index is 0.142. The van der Waals surface area contributed by atoms with Crippen molar-refractivity contribution in [2.45, 2.75) is 20.8 Å². The van der Waals surface area contributed by atoms with Gasteiger partial charge in [-0.05, 0) is 18.2 Å². The van der Waals surface area contributed by atoms with E-state index in [9.17, 15) is 9.59 Å². The van der Waals surface area contributed by atoms with E-state index in [4.69, 9.17) is 16.9 Å². The van der Waals surface area contributed by atoms with Crippen molar-refractivity contribution in [2.24, 2.45) is 5.41 Å². The second kappa shape index (κ2) is 7.85. The van der Waals surface area contributed by atoms with Gasteiger partial charge in [0, 0.05) is 37.3 Å². The Bertz CT molecular complexity index is 698. The highest BCUT2D eigenvalue weighted by atomic mass is 35.5. The lowest BCUT2D eigenvalue weighted by atomic mass is 9.94. The Morgan fingerprint density at radius 1 is 1.24 bits per heavy atom. The van der Waals surface area contributed by atoms with Crippen molar-refractivity contribution in [3.8, 4) is 6.07 Å². The summed E-state index contributed by atoms with van der Waals surface area (Å²) < 4.78 is 0. The van der Waals surface area contributed by atoms with Gasteiger partial charge < -0.3 is 10.2 Å². The lowest BCUT2D eigenvalue weighted by Crippen LogP contribution is -2.52. The van der Waals surface area contributed by atoms with Crippen LogP contribution in [0.4, 0.5) is 5.69 Å². The zero-order valence-corrected chi connectivity index (χ0v) is 15.6. The van der Waals surface area contributed by atoms with Gasteiger partial charge in [-0.3, -0.25) is 14.5 Å². The number of benzene rings is 1. The standard InChI is InChI=1S/C18H23ClN4O2/c1-18(2,3)17(25)23-8-6-22(7-9-23)12-16(24)21-14-5-4-13(11-20)15(19)10-14/h4-5,10H,6-9,12H2,1-3H3,(H,21,24). The van der Waals surface area contributed by atoms with Crippen LogP contribution >= 0.6 is 11.6 Å². The van der Waals surface area contributed by atoms with Crippen molar-refractivity contribution in [1.82, 2.24) is 9.80 Å². The van der Waals surface area contributed by atoms with Crippen molar-refractivity contribution < 1.29 is 9.59 Å². The summed E-state index contributed by atoms with van der Waals surface area (Å²) in [6.45, 7) is 8.60. The minimum atomic E-state index is -0.381. The van der Waals surface area contributed by atoms with Crippen LogP contribution in [0.1, 0.15) is 26.3 Å². The van der Waals surface area contributed by atoms with E-state index < -0.39 is 0 Å². The Hall–Kier alpha value is -2.10. The summed E-state index contributed by atoms with van der Waals surface area (Å²) >= 11 is 5.97. The normalized spacial score (nSPS) is 15.6. The number of amides is 2. The molecular weight excluding hydrogens is 340 g/mol. The molecule has 2 amide bonds. The quantitative estimate of drug-likeness (QED) is 0.895. The number of carbonyl (C=O) groups excluding carboxylic acids is 2. The van der Waals surface area contributed by atoms with Crippen LogP contribution in [0.5, 0.6) is 0 Å². The molecule has 0 spiro atoms. The zero-order chi connectivity index (χ0) is 18.6. The van der Waals surface area contributed by atoms with Gasteiger partial charge in [0.2, 0.25) is 11.8 Å². The molecule has 0 radical (unpaired) electrons. The highest BCUT2D eigenvalue weighted by Crippen LogP contribution is 2.21. The molecule has 1 N–H and O–H groups in total. The molecule has 134 valence electrons. The van der Waals surface area contributed by atoms with Crippen LogP contribution in [0.2, 0.25) is 5.02 Å². The Balaban J connectivity index is 1.84. The third-order valence-electron chi connectivity index (χ3n) is 4.04. The topological polar surface area (TPSA) is 76.4 Å². The molecule has 0 unspecified atom stereocenters. The van der Waals surface area contributed by atoms with E-state index in [1.165, 1.54) is 0 Å². The van der Waals surface area contributed by atoms with Gasteiger partial charge in [0.1, 0.15) is 6.07 Å². The summed E-state index contributed by atoms with van der Waals surface area (Å²) in [7, 11) is 0. The maximum absolute atomic E-state index is 12.3. The molecule has 6 nitrogen and oxygen atoms in total. The number of nitrogens with one attached hydrogen (secondary N) is 1. The number of nitrogens with zero attached hydrogens (tertiary/aromatic N) is 3. The predicted octanol–water partition coefficient (Wildman–Crippen LogP) is 2.34. The number of halogens is 1. The average molecular weight is 363 g/mol. The van der Waals surface area contributed by atoms with Crippen LogP contribution in [0.3, 0.4) is 0 Å². The summed E-state index contributed by atoms with van der Waals surface area (Å²) in [4.78, 5) is 28.3. The number of nitriles is 1. The first-order valence-corrected chi connectivity index (χ1v) is 8.60. The molecule has 0 atom stereocenters. The SMILES string of the molecule is CC(C)(C)C(=O)N1CCN(CC(=O)Nc2ccc(C#N)c(Cl)c2)CC1. The Morgan fingerprint density at radius 3 is 2.40 bits per heavy atom. The fraction of sp³-hybridized carbons (Fsp3) is 0.500. The fourth-order valence-corrected chi connectivity index (χ4v) is 2.89. The largest absolute Gasteiger partial charge is 0.340 e. The van der Waals surface area contributed by atoms with Crippen molar-refractivity contribution >= 4 is 29.1 Å². The molecule has 25 heavy (non-hydrogen) atoms. The molecule has 2 rings (SSSR count). The van der Waals surface area contributed by atoms with Gasteiger partial charge >= 0.3 is 0 Å². The first kappa shape index (κ1) is 19.2. The number of carbonyl (C=O) groups is 2. The van der Waals surface area contributed by atoms with Crippen LogP contribution in [0.25, 0.3) is 0 Å². The second-order valence-corrected chi connectivity index (χ2v) is 7.58. The lowest BCUT2D eigenvalue weighted by molar-refractivity contribution is -0.141. The van der Waals surface area contributed by atoms with Crippen molar-refractivity contribution in [2.75, 3.05) is 38.0 Å². The molecule has 1 heterocycles. The van der Waals surface area contributed by atoms with Crippen molar-refractivity contribution in [3.63, 3.8) is 0 Å². The van der Waals surface area contributed by atoms with E-state index in [0.29, 0.717) is 42.5 Å². The highest BCUT2D eigenvalue weighted by Gasteiger charge is 2.30. The minimum Gasteiger partial charge on any atom is -0.340 e. The summed E-state index contributed by atoms with van der Waals surface area (Å²) in [5.41, 5.74) is 0.559. The van der Waals surface area contributed by atoms with Crippen molar-refractivity contribution in [3.05, 3.63) is 28.8 Å². The van der Waals surface area contributed by atoms with Crippen molar-refractivity contribution in [1.29, 1.82) is 5.26 Å². The van der Waals surface area contributed by atoms with Gasteiger partial charge in [0.15, 0.2) is 0 Å².